The van der Waals surface area contributed by atoms with Gasteiger partial charge in [-0.3, -0.25) is 29.5 Å². The summed E-state index contributed by atoms with van der Waals surface area (Å²) >= 11 is 3.07. The Kier molecular flexibility index (Phi) is 17.2. The number of benzene rings is 4. The van der Waals surface area contributed by atoms with Crippen LogP contribution in [0.25, 0.3) is 0 Å². The molecule has 1 aliphatic carbocycles. The number of nitrogens with one attached hydrogen (secondary N) is 4. The monoisotopic (exact) mass is 945 g/mol. The van der Waals surface area contributed by atoms with Gasteiger partial charge in [0, 0.05) is 79.3 Å². The molecule has 1 heterocycles. The van der Waals surface area contributed by atoms with Crippen molar-refractivity contribution in [3.63, 3.8) is 0 Å². The molecule has 0 spiro atoms. The van der Waals surface area contributed by atoms with E-state index in [1.807, 2.05) is 43.3 Å². The number of carbonyl (C=O) groups is 5. The molecule has 0 aromatic heterocycles. The number of nitrogens with zero attached hydrogens (tertiary/aromatic N) is 5. The Morgan fingerprint density at radius 3 is 1.98 bits per heavy atom. The van der Waals surface area contributed by atoms with Crippen molar-refractivity contribution in [3.05, 3.63) is 114 Å². The molecule has 4 N–H and O–H groups in total. The van der Waals surface area contributed by atoms with E-state index in [4.69, 9.17) is 9.47 Å². The molecule has 16 nitrogen and oxygen atoms in total. The van der Waals surface area contributed by atoms with Gasteiger partial charge in [0.1, 0.15) is 5.75 Å². The van der Waals surface area contributed by atoms with E-state index in [1.165, 1.54) is 0 Å². The van der Waals surface area contributed by atoms with Crippen molar-refractivity contribution in [3.8, 4) is 17.7 Å². The Hall–Kier alpha value is -7.06. The number of ether oxygens (including phenoxy) is 2. The third-order valence-electron chi connectivity index (χ3n) is 11.0. The van der Waals surface area contributed by atoms with Crippen molar-refractivity contribution in [2.45, 2.75) is 56.7 Å². The maximum Gasteiger partial charge on any atom is 0.408 e. The van der Waals surface area contributed by atoms with Gasteiger partial charge >= 0.3 is 6.09 Å². The highest BCUT2D eigenvalue weighted by atomic mass is 79.9. The Labute approximate surface area is 386 Å². The molecule has 338 valence electrons. The lowest BCUT2D eigenvalue weighted by Crippen LogP contribution is -2.46. The predicted octanol–water partition coefficient (Wildman–Crippen LogP) is 7.41. The Balaban J connectivity index is 0.982. The lowest BCUT2D eigenvalue weighted by molar-refractivity contribution is -0.143. The van der Waals surface area contributed by atoms with Crippen molar-refractivity contribution in [1.82, 2.24) is 20.9 Å². The van der Waals surface area contributed by atoms with E-state index in [1.54, 1.807) is 77.7 Å². The molecule has 6 rings (SSSR count). The summed E-state index contributed by atoms with van der Waals surface area (Å²) in [5, 5.41) is 20.2. The molecule has 0 bridgehead atoms. The van der Waals surface area contributed by atoms with Gasteiger partial charge in [0.25, 0.3) is 11.8 Å². The van der Waals surface area contributed by atoms with Gasteiger partial charge in [-0.2, -0.15) is 10.2 Å². The van der Waals surface area contributed by atoms with Crippen molar-refractivity contribution in [2.24, 2.45) is 21.1 Å². The van der Waals surface area contributed by atoms with Crippen LogP contribution in [0.2, 0.25) is 0 Å². The number of halogens is 1. The van der Waals surface area contributed by atoms with Crippen LogP contribution in [-0.2, 0) is 19.1 Å². The summed E-state index contributed by atoms with van der Waals surface area (Å²) < 4.78 is 11.4. The highest BCUT2D eigenvalue weighted by molar-refractivity contribution is 9.09. The second-order valence-electron chi connectivity index (χ2n) is 15.8. The number of hydrogen-bond acceptors (Lipinski definition) is 11. The van der Waals surface area contributed by atoms with E-state index >= 15 is 0 Å². The summed E-state index contributed by atoms with van der Waals surface area (Å²) in [5.41, 5.74) is 4.65. The van der Waals surface area contributed by atoms with Crippen molar-refractivity contribution < 1.29 is 33.4 Å². The van der Waals surface area contributed by atoms with Crippen LogP contribution in [0.1, 0.15) is 66.1 Å². The molecule has 1 saturated heterocycles. The third-order valence-corrected chi connectivity index (χ3v) is 11.5. The fourth-order valence-corrected chi connectivity index (χ4v) is 7.45. The number of amides is 5. The molecular formula is C48H52BrN9O7. The maximum atomic E-state index is 14.1. The van der Waals surface area contributed by atoms with E-state index in [2.05, 4.69) is 71.1 Å². The minimum absolute atomic E-state index is 0.0579. The molecule has 65 heavy (non-hydrogen) atoms. The van der Waals surface area contributed by atoms with Gasteiger partial charge in [-0.05, 0) is 136 Å². The van der Waals surface area contributed by atoms with Crippen LogP contribution >= 0.6 is 15.9 Å². The van der Waals surface area contributed by atoms with E-state index in [0.29, 0.717) is 72.3 Å². The Morgan fingerprint density at radius 2 is 1.40 bits per heavy atom. The van der Waals surface area contributed by atoms with Crippen LogP contribution in [0.15, 0.2) is 112 Å². The first-order valence-electron chi connectivity index (χ1n) is 21.3. The number of anilines is 2. The molecule has 2 fully saturated rings. The van der Waals surface area contributed by atoms with Gasteiger partial charge in [-0.15, -0.1) is 0 Å². The molecule has 1 aliphatic heterocycles. The van der Waals surface area contributed by atoms with Crippen LogP contribution in [0, 0.1) is 17.9 Å². The molecule has 0 radical (unpaired) electrons. The smallest absolute Gasteiger partial charge is 0.408 e. The Morgan fingerprint density at radius 1 is 0.800 bits per heavy atom. The first-order valence-corrected chi connectivity index (χ1v) is 22.4. The number of piperidine rings is 1. The van der Waals surface area contributed by atoms with E-state index in [-0.39, 0.29) is 60.9 Å². The zero-order chi connectivity index (χ0) is 46.1. The summed E-state index contributed by atoms with van der Waals surface area (Å²) in [4.78, 5) is 72.6. The molecular weight excluding hydrogens is 894 g/mol. The molecule has 4 aromatic rings. The highest BCUT2D eigenvalue weighted by Crippen LogP contribution is 2.28. The SMILES string of the molecule is C=NCOc1ccc(C(OC(=O)NC2CCC(NC(=O)c3ccc(N=Nc4ccc(N(C)C)cc4)cc3)CC2)C(=O)N2CCC(C(=O)Nc3ccc(C#CNC(=O)CBr)cc3)CC2)cc1. The number of hydrogen-bond donors (Lipinski definition) is 4. The molecule has 4 aromatic carbocycles. The number of likely N-dealkylation sites (tertiary alicyclic amines) is 1. The minimum Gasteiger partial charge on any atom is -0.471 e. The summed E-state index contributed by atoms with van der Waals surface area (Å²) in [7, 11) is 3.94. The van der Waals surface area contributed by atoms with E-state index in [0.717, 1.165) is 11.4 Å². The van der Waals surface area contributed by atoms with Crippen LogP contribution < -0.4 is 30.9 Å². The van der Waals surface area contributed by atoms with Crippen molar-refractivity contribution in [2.75, 3.05) is 49.5 Å². The van der Waals surface area contributed by atoms with Crippen LogP contribution in [-0.4, -0.2) is 92.7 Å². The number of aliphatic imine (C=N–C) groups is 1. The fourth-order valence-electron chi connectivity index (χ4n) is 7.31. The topological polar surface area (TPSA) is 195 Å². The Bertz CT molecular complexity index is 2370. The summed E-state index contributed by atoms with van der Waals surface area (Å²) in [6.07, 6.45) is 1.33. The number of alkyl halides is 1. The minimum atomic E-state index is -1.25. The average Bonchev–Trinajstić information content (AvgIpc) is 3.33. The highest BCUT2D eigenvalue weighted by Gasteiger charge is 2.35. The van der Waals surface area contributed by atoms with E-state index < -0.39 is 18.1 Å². The predicted molar refractivity (Wildman–Crippen MR) is 252 cm³/mol. The molecule has 5 amide bonds. The van der Waals surface area contributed by atoms with Crippen LogP contribution in [0.3, 0.4) is 0 Å². The molecule has 1 saturated carbocycles. The zero-order valence-corrected chi connectivity index (χ0v) is 37.9. The van der Waals surface area contributed by atoms with Gasteiger partial charge in [0.05, 0.1) is 16.7 Å². The second-order valence-corrected chi connectivity index (χ2v) is 16.3. The fraction of sp³-hybridized carbons (Fsp3) is 0.333. The molecule has 17 heteroatoms. The largest absolute Gasteiger partial charge is 0.471 e. The van der Waals surface area contributed by atoms with Gasteiger partial charge in [-0.25, -0.2) is 4.79 Å². The molecule has 1 atom stereocenters. The van der Waals surface area contributed by atoms with Gasteiger partial charge in [-0.1, -0.05) is 28.1 Å². The van der Waals surface area contributed by atoms with Gasteiger partial charge < -0.3 is 35.2 Å². The number of alkyl carbamates (subject to hydrolysis) is 1. The number of carbonyl (C=O) groups excluding carboxylic acids is 5. The summed E-state index contributed by atoms with van der Waals surface area (Å²) in [5.74, 6) is 2.00. The lowest BCUT2D eigenvalue weighted by Gasteiger charge is -2.34. The normalized spacial score (nSPS) is 16.5. The van der Waals surface area contributed by atoms with Crippen LogP contribution in [0.5, 0.6) is 5.75 Å². The quantitative estimate of drug-likeness (QED) is 0.0311. The third kappa shape index (κ3) is 14.2. The molecule has 1 unspecified atom stereocenters. The van der Waals surface area contributed by atoms with Crippen molar-refractivity contribution >= 4 is 75.1 Å². The number of rotatable bonds is 15. The molecule has 2 aliphatic rings. The zero-order valence-electron chi connectivity index (χ0n) is 36.3. The first-order chi connectivity index (χ1) is 31.5. The van der Waals surface area contributed by atoms with E-state index in [9.17, 15) is 24.0 Å². The average molecular weight is 947 g/mol. The second kappa shape index (κ2) is 23.6. The maximum absolute atomic E-state index is 14.1. The first kappa shape index (κ1) is 47.4. The summed E-state index contributed by atoms with van der Waals surface area (Å²) in [6.45, 7) is 4.06. The van der Waals surface area contributed by atoms with Crippen LogP contribution in [0.4, 0.5) is 27.5 Å². The standard InChI is InChI=1S/C48H52BrN9O7/c1-50-31-64-42-22-8-33(9-23-42)44(47(62)58-28-25-35(26-29-58)46(61)52-36-10-4-32(5-11-36)24-27-51-43(59)30-49)65-48(63)54-38-16-14-37(15-17-38)53-45(60)34-6-12-39(13-7-34)55-56-40-18-20-41(21-19-40)57(2)3/h4-13,18-23,35,37-38,44H,1,14-17,25-26,28-31H2,2-3H3,(H,51,59)(H,52,61)(H,53,60)(H,54,63). The lowest BCUT2D eigenvalue weighted by atomic mass is 9.91. The van der Waals surface area contributed by atoms with Gasteiger partial charge in [0.2, 0.25) is 17.9 Å². The van der Waals surface area contributed by atoms with Gasteiger partial charge in [0.15, 0.2) is 6.73 Å². The van der Waals surface area contributed by atoms with Crippen molar-refractivity contribution in [1.29, 1.82) is 0 Å². The summed E-state index contributed by atoms with van der Waals surface area (Å²) in [6, 6.07) is 30.6. The number of azo groups is 1.